The van der Waals surface area contributed by atoms with Crippen molar-refractivity contribution in [2.45, 2.75) is 13.5 Å². The summed E-state index contributed by atoms with van der Waals surface area (Å²) in [5.74, 6) is 0. The molecule has 3 heteroatoms. The molecule has 0 N–H and O–H groups in total. The second-order valence-corrected chi connectivity index (χ2v) is 13.3. The minimum Gasteiger partial charge on any atom is -0.341 e. The van der Waals surface area contributed by atoms with Crippen LogP contribution in [0.5, 0.6) is 0 Å². The first-order valence-electron chi connectivity index (χ1n) is 18.3. The normalized spacial score (nSPS) is 11.2. The number of hydrogen-bond donors (Lipinski definition) is 0. The van der Waals surface area contributed by atoms with E-state index in [0.717, 1.165) is 40.7 Å². The summed E-state index contributed by atoms with van der Waals surface area (Å²) < 4.78 is 2.46. The van der Waals surface area contributed by atoms with Gasteiger partial charge in [-0.05, 0) is 95.9 Å². The molecule has 0 saturated carbocycles. The maximum absolute atomic E-state index is 2.46. The third kappa shape index (κ3) is 6.03. The number of fused-ring (bicyclic) bond motifs is 3. The molecule has 3 nitrogen and oxygen atoms in total. The summed E-state index contributed by atoms with van der Waals surface area (Å²) in [4.78, 5) is 4.81. The molecule has 1 heterocycles. The lowest BCUT2D eigenvalue weighted by Gasteiger charge is -2.30. The van der Waals surface area contributed by atoms with Gasteiger partial charge in [0.15, 0.2) is 0 Å². The summed E-state index contributed by atoms with van der Waals surface area (Å²) in [5.41, 5.74) is 13.8. The molecule has 0 aliphatic carbocycles. The van der Waals surface area contributed by atoms with Gasteiger partial charge in [-0.2, -0.15) is 0 Å². The van der Waals surface area contributed by atoms with Gasteiger partial charge in [-0.3, -0.25) is 0 Å². The fraction of sp³-hybridized carbons (Fsp3) is 0.0400. The van der Waals surface area contributed by atoms with Gasteiger partial charge in [0.1, 0.15) is 0 Å². The lowest BCUT2D eigenvalue weighted by Crippen LogP contribution is -2.14. The quantitative estimate of drug-likeness (QED) is 0.150. The maximum Gasteiger partial charge on any atom is 0.0582 e. The van der Waals surface area contributed by atoms with Crippen molar-refractivity contribution >= 4 is 55.9 Å². The summed E-state index contributed by atoms with van der Waals surface area (Å²) in [6, 6.07) is 74.2. The summed E-state index contributed by atoms with van der Waals surface area (Å²) in [6.07, 6.45) is 0. The van der Waals surface area contributed by atoms with E-state index < -0.39 is 0 Å². The van der Waals surface area contributed by atoms with E-state index in [1.807, 2.05) is 0 Å². The number of rotatable bonds is 9. The van der Waals surface area contributed by atoms with Crippen molar-refractivity contribution in [3.63, 3.8) is 0 Å². The largest absolute Gasteiger partial charge is 0.341 e. The minimum absolute atomic E-state index is 0.848. The maximum atomic E-state index is 2.46. The number of nitrogens with zero attached hydrogens (tertiary/aromatic N) is 3. The first-order valence-corrected chi connectivity index (χ1v) is 18.3. The van der Waals surface area contributed by atoms with E-state index >= 15 is 0 Å². The lowest BCUT2D eigenvalue weighted by molar-refractivity contribution is 0.827. The average molecular weight is 682 g/mol. The van der Waals surface area contributed by atoms with Crippen LogP contribution >= 0.6 is 0 Å². The number of aromatic nitrogens is 1. The van der Waals surface area contributed by atoms with Gasteiger partial charge in [0.25, 0.3) is 0 Å². The van der Waals surface area contributed by atoms with Crippen molar-refractivity contribution in [3.8, 4) is 22.3 Å². The predicted octanol–water partition coefficient (Wildman–Crippen LogP) is 14.1. The molecule has 254 valence electrons. The Hall–Kier alpha value is -6.84. The van der Waals surface area contributed by atoms with Crippen LogP contribution in [0, 0.1) is 0 Å². The molecule has 0 radical (unpaired) electrons. The van der Waals surface area contributed by atoms with Gasteiger partial charge >= 0.3 is 0 Å². The van der Waals surface area contributed by atoms with Crippen LogP contribution in [-0.4, -0.2) is 4.57 Å². The molecule has 0 fully saturated rings. The summed E-state index contributed by atoms with van der Waals surface area (Å²) in [5, 5.41) is 2.47. The van der Waals surface area contributed by atoms with Crippen LogP contribution in [0.3, 0.4) is 0 Å². The van der Waals surface area contributed by atoms with Crippen molar-refractivity contribution in [2.75, 3.05) is 9.80 Å². The Morgan fingerprint density at radius 3 is 1.30 bits per heavy atom. The van der Waals surface area contributed by atoms with E-state index in [2.05, 4.69) is 228 Å². The van der Waals surface area contributed by atoms with Crippen molar-refractivity contribution < 1.29 is 0 Å². The van der Waals surface area contributed by atoms with Gasteiger partial charge < -0.3 is 14.4 Å². The number of para-hydroxylation sites is 3. The van der Waals surface area contributed by atoms with Crippen LogP contribution in [-0.2, 0) is 6.54 Å². The van der Waals surface area contributed by atoms with Crippen molar-refractivity contribution in [1.29, 1.82) is 0 Å². The number of anilines is 6. The Morgan fingerprint density at radius 2 is 0.774 bits per heavy atom. The number of aryl methyl sites for hydroxylation is 1. The van der Waals surface area contributed by atoms with Crippen LogP contribution in [0.1, 0.15) is 6.92 Å². The first kappa shape index (κ1) is 32.1. The third-order valence-electron chi connectivity index (χ3n) is 10.1. The SMILES string of the molecule is CCn1c2ccccc2c2c(N(c3ccccc3)c3ccc(-c4ccccc4)cc3)cc(N(c3ccccc3)c3ccc(-c4ccccc4)cc3)cc21. The van der Waals surface area contributed by atoms with Gasteiger partial charge in [-0.15, -0.1) is 0 Å². The topological polar surface area (TPSA) is 11.4 Å². The predicted molar refractivity (Wildman–Crippen MR) is 225 cm³/mol. The summed E-state index contributed by atoms with van der Waals surface area (Å²) in [7, 11) is 0. The third-order valence-corrected chi connectivity index (χ3v) is 10.1. The highest BCUT2D eigenvalue weighted by Gasteiger charge is 2.24. The van der Waals surface area contributed by atoms with Gasteiger partial charge in [0, 0.05) is 45.6 Å². The molecule has 0 aliphatic heterocycles. The second kappa shape index (κ2) is 14.1. The minimum atomic E-state index is 0.848. The highest BCUT2D eigenvalue weighted by atomic mass is 15.2. The van der Waals surface area contributed by atoms with Crippen LogP contribution in [0.15, 0.2) is 206 Å². The highest BCUT2D eigenvalue weighted by molar-refractivity contribution is 6.17. The fourth-order valence-corrected chi connectivity index (χ4v) is 7.68. The van der Waals surface area contributed by atoms with Crippen molar-refractivity contribution in [1.82, 2.24) is 4.57 Å². The molecular weight excluding hydrogens is 643 g/mol. The van der Waals surface area contributed by atoms with Gasteiger partial charge in [-0.25, -0.2) is 0 Å². The van der Waals surface area contributed by atoms with Gasteiger partial charge in [0.2, 0.25) is 0 Å². The van der Waals surface area contributed by atoms with Crippen LogP contribution in [0.25, 0.3) is 44.1 Å². The van der Waals surface area contributed by atoms with Crippen molar-refractivity contribution in [3.05, 3.63) is 206 Å². The second-order valence-electron chi connectivity index (χ2n) is 13.3. The fourth-order valence-electron chi connectivity index (χ4n) is 7.68. The zero-order chi connectivity index (χ0) is 35.6. The molecule has 0 bridgehead atoms. The van der Waals surface area contributed by atoms with E-state index in [1.54, 1.807) is 0 Å². The summed E-state index contributed by atoms with van der Waals surface area (Å²) >= 11 is 0. The smallest absolute Gasteiger partial charge is 0.0582 e. The molecule has 0 unspecified atom stereocenters. The van der Waals surface area contributed by atoms with E-state index in [9.17, 15) is 0 Å². The van der Waals surface area contributed by atoms with Crippen molar-refractivity contribution in [2.24, 2.45) is 0 Å². The lowest BCUT2D eigenvalue weighted by atomic mass is 10.0. The van der Waals surface area contributed by atoms with E-state index in [0.29, 0.717) is 0 Å². The highest BCUT2D eigenvalue weighted by Crippen LogP contribution is 2.47. The molecule has 1 aromatic heterocycles. The van der Waals surface area contributed by atoms with E-state index in [4.69, 9.17) is 0 Å². The molecule has 0 atom stereocenters. The Balaban J connectivity index is 1.30. The summed E-state index contributed by atoms with van der Waals surface area (Å²) in [6.45, 7) is 3.09. The Bertz CT molecular complexity index is 2610. The van der Waals surface area contributed by atoms with Crippen LogP contribution in [0.2, 0.25) is 0 Å². The molecule has 53 heavy (non-hydrogen) atoms. The molecule has 9 aromatic rings. The first-order chi connectivity index (χ1) is 26.3. The standard InChI is InChI=1S/C50H39N3/c1-2-51-47-26-16-15-25-46(47)50-48(51)35-45(52(41-21-11-5-12-22-41)43-31-27-39(28-32-43)37-17-7-3-8-18-37)36-49(50)53(42-23-13-6-14-24-42)44-33-29-40(30-34-44)38-19-9-4-10-20-38/h3-36H,2H2,1H3. The average Bonchev–Trinajstić information content (AvgIpc) is 3.56. The number of benzene rings is 8. The van der Waals surface area contributed by atoms with Gasteiger partial charge in [-0.1, -0.05) is 140 Å². The molecule has 0 saturated heterocycles. The van der Waals surface area contributed by atoms with E-state index in [1.165, 1.54) is 44.1 Å². The van der Waals surface area contributed by atoms with E-state index in [-0.39, 0.29) is 0 Å². The molecule has 0 amide bonds. The Kier molecular flexibility index (Phi) is 8.51. The van der Waals surface area contributed by atoms with Crippen LogP contribution < -0.4 is 9.80 Å². The molecule has 0 aliphatic rings. The zero-order valence-electron chi connectivity index (χ0n) is 29.7. The molecular formula is C50H39N3. The Labute approximate surface area is 311 Å². The molecule has 0 spiro atoms. The monoisotopic (exact) mass is 681 g/mol. The number of hydrogen-bond acceptors (Lipinski definition) is 2. The Morgan fingerprint density at radius 1 is 0.358 bits per heavy atom. The van der Waals surface area contributed by atoms with Crippen LogP contribution in [0.4, 0.5) is 34.1 Å². The van der Waals surface area contributed by atoms with Gasteiger partial charge in [0.05, 0.1) is 16.9 Å². The molecule has 9 rings (SSSR count). The zero-order valence-corrected chi connectivity index (χ0v) is 29.7. The molecule has 8 aromatic carbocycles.